The number of aliphatic hydroxyl groups is 1. The van der Waals surface area contributed by atoms with Crippen LogP contribution in [0.1, 0.15) is 68.5 Å². The summed E-state index contributed by atoms with van der Waals surface area (Å²) >= 11 is 0. The van der Waals surface area contributed by atoms with Crippen molar-refractivity contribution in [2.24, 2.45) is 0 Å². The number of hydrogen-bond donors (Lipinski definition) is 2. The Labute approximate surface area is 219 Å². The van der Waals surface area contributed by atoms with Crippen LogP contribution in [0.3, 0.4) is 0 Å². The molecule has 0 aromatic heterocycles. The van der Waals surface area contributed by atoms with Crippen molar-refractivity contribution in [1.82, 2.24) is 10.2 Å². The van der Waals surface area contributed by atoms with Crippen LogP contribution in [0.4, 0.5) is 0 Å². The number of ketones is 1. The largest absolute Gasteiger partial charge is 0.497 e. The number of hydrogen-bond acceptors (Lipinski definition) is 6. The van der Waals surface area contributed by atoms with Crippen molar-refractivity contribution >= 4 is 11.7 Å². The lowest BCUT2D eigenvalue weighted by atomic mass is 10.0. The summed E-state index contributed by atoms with van der Waals surface area (Å²) in [7, 11) is 1.59. The SMILES string of the molecule is COc1ccc(C(=O)CCCCC(=O)N[C@H](CN2C=C=CC2C)[C@H](O)c2ccc(OC(C)C)cc2)cc1. The average molecular weight is 507 g/mol. The van der Waals surface area contributed by atoms with E-state index in [1.54, 1.807) is 31.4 Å². The van der Waals surface area contributed by atoms with E-state index in [1.807, 2.05) is 62.2 Å². The molecule has 2 N–H and O–H groups in total. The van der Waals surface area contributed by atoms with Crippen LogP contribution in [0, 0.1) is 0 Å². The molecular formula is C30H38N2O5. The molecule has 0 bridgehead atoms. The Morgan fingerprint density at radius 1 is 1.03 bits per heavy atom. The average Bonchev–Trinajstić information content (AvgIpc) is 3.30. The minimum atomic E-state index is -0.894. The summed E-state index contributed by atoms with van der Waals surface area (Å²) in [5, 5.41) is 14.2. The van der Waals surface area contributed by atoms with Crippen LogP contribution in [0.15, 0.2) is 66.5 Å². The van der Waals surface area contributed by atoms with E-state index in [-0.39, 0.29) is 30.3 Å². The summed E-state index contributed by atoms with van der Waals surface area (Å²) in [6.45, 7) is 6.40. The van der Waals surface area contributed by atoms with Crippen molar-refractivity contribution < 1.29 is 24.2 Å². The van der Waals surface area contributed by atoms with E-state index in [1.165, 1.54) is 0 Å². The molecule has 3 atom stereocenters. The van der Waals surface area contributed by atoms with Crippen LogP contribution in [0.25, 0.3) is 0 Å². The summed E-state index contributed by atoms with van der Waals surface area (Å²) in [5.41, 5.74) is 4.43. The first-order chi connectivity index (χ1) is 17.8. The fourth-order valence-corrected chi connectivity index (χ4v) is 4.18. The molecule has 37 heavy (non-hydrogen) atoms. The van der Waals surface area contributed by atoms with Gasteiger partial charge in [-0.3, -0.25) is 9.59 Å². The van der Waals surface area contributed by atoms with Crippen LogP contribution < -0.4 is 14.8 Å². The predicted molar refractivity (Wildman–Crippen MR) is 144 cm³/mol. The molecule has 0 saturated heterocycles. The number of amides is 1. The Morgan fingerprint density at radius 3 is 2.27 bits per heavy atom. The van der Waals surface area contributed by atoms with E-state index in [9.17, 15) is 14.7 Å². The molecule has 1 unspecified atom stereocenters. The summed E-state index contributed by atoms with van der Waals surface area (Å²) in [6, 6.07) is 14.0. The van der Waals surface area contributed by atoms with Crippen LogP contribution in [0.5, 0.6) is 11.5 Å². The second-order valence-electron chi connectivity index (χ2n) is 9.61. The van der Waals surface area contributed by atoms with E-state index in [4.69, 9.17) is 9.47 Å². The molecule has 0 spiro atoms. The number of methoxy groups -OCH3 is 1. The smallest absolute Gasteiger partial charge is 0.220 e. The van der Waals surface area contributed by atoms with Gasteiger partial charge in [-0.15, -0.1) is 5.73 Å². The quantitative estimate of drug-likeness (QED) is 0.217. The number of ether oxygens (including phenoxy) is 2. The first-order valence-corrected chi connectivity index (χ1v) is 12.9. The lowest BCUT2D eigenvalue weighted by Gasteiger charge is -2.31. The standard InChI is InChI=1S/C30H38N2O5/c1-21(2)37-26-17-13-24(14-18-26)30(35)27(20-32-19-7-8-22(32)3)31-29(34)10-6-5-9-28(33)23-11-15-25(36-4)16-12-23/h8,11-19,21-22,27,30,35H,5-6,9-10,20H2,1-4H3,(H,31,34)/t22?,27-,30-/m1/s1. The number of benzene rings is 2. The molecule has 1 amide bonds. The van der Waals surface area contributed by atoms with Crippen molar-refractivity contribution in [3.8, 4) is 11.5 Å². The Balaban J connectivity index is 1.54. The Morgan fingerprint density at radius 2 is 1.68 bits per heavy atom. The number of carbonyl (C=O) groups excluding carboxylic acids is 2. The highest BCUT2D eigenvalue weighted by Crippen LogP contribution is 2.23. The number of aliphatic hydroxyl groups excluding tert-OH is 1. The Hall–Kier alpha value is -3.54. The van der Waals surface area contributed by atoms with E-state index < -0.39 is 12.1 Å². The van der Waals surface area contributed by atoms with Gasteiger partial charge in [0, 0.05) is 31.1 Å². The van der Waals surface area contributed by atoms with Crippen LogP contribution >= 0.6 is 0 Å². The Kier molecular flexibility index (Phi) is 10.4. The fourth-order valence-electron chi connectivity index (χ4n) is 4.18. The molecule has 0 fully saturated rings. The number of unbranched alkanes of at least 4 members (excludes halogenated alkanes) is 1. The molecule has 3 rings (SSSR count). The van der Waals surface area contributed by atoms with Crippen LogP contribution in [-0.4, -0.2) is 53.5 Å². The van der Waals surface area contributed by atoms with Gasteiger partial charge in [-0.2, -0.15) is 0 Å². The molecule has 198 valence electrons. The zero-order valence-electron chi connectivity index (χ0n) is 22.1. The van der Waals surface area contributed by atoms with Gasteiger partial charge >= 0.3 is 0 Å². The number of nitrogens with one attached hydrogen (secondary N) is 1. The van der Waals surface area contributed by atoms with Gasteiger partial charge in [0.1, 0.15) is 17.6 Å². The van der Waals surface area contributed by atoms with Crippen molar-refractivity contribution in [2.45, 2.75) is 70.7 Å². The van der Waals surface area contributed by atoms with Crippen LogP contribution in [-0.2, 0) is 4.79 Å². The Bertz CT molecular complexity index is 1090. The minimum Gasteiger partial charge on any atom is -0.497 e. The van der Waals surface area contributed by atoms with Crippen molar-refractivity contribution in [3.63, 3.8) is 0 Å². The lowest BCUT2D eigenvalue weighted by Crippen LogP contribution is -2.47. The zero-order chi connectivity index (χ0) is 26.8. The van der Waals surface area contributed by atoms with Gasteiger partial charge in [0.2, 0.25) is 5.91 Å². The highest BCUT2D eigenvalue weighted by molar-refractivity contribution is 5.96. The van der Waals surface area contributed by atoms with E-state index in [0.29, 0.717) is 42.7 Å². The highest BCUT2D eigenvalue weighted by atomic mass is 16.5. The van der Waals surface area contributed by atoms with Crippen molar-refractivity contribution in [1.29, 1.82) is 0 Å². The maximum Gasteiger partial charge on any atom is 0.220 e. The topological polar surface area (TPSA) is 88.1 Å². The monoisotopic (exact) mass is 506 g/mol. The third kappa shape index (κ3) is 8.52. The fraction of sp³-hybridized carbons (Fsp3) is 0.433. The van der Waals surface area contributed by atoms with E-state index in [2.05, 4.69) is 11.0 Å². The minimum absolute atomic E-state index is 0.0450. The van der Waals surface area contributed by atoms with Crippen molar-refractivity contribution in [3.05, 3.63) is 77.7 Å². The summed E-state index contributed by atoms with van der Waals surface area (Å²) in [6.07, 6.45) is 4.81. The summed E-state index contributed by atoms with van der Waals surface area (Å²) in [4.78, 5) is 27.3. The third-order valence-corrected chi connectivity index (χ3v) is 6.30. The molecule has 1 aliphatic rings. The molecule has 0 saturated carbocycles. The van der Waals surface area contributed by atoms with Gasteiger partial charge in [-0.25, -0.2) is 0 Å². The zero-order valence-corrected chi connectivity index (χ0v) is 22.1. The maximum absolute atomic E-state index is 12.8. The highest BCUT2D eigenvalue weighted by Gasteiger charge is 2.26. The lowest BCUT2D eigenvalue weighted by molar-refractivity contribution is -0.123. The molecule has 7 nitrogen and oxygen atoms in total. The second kappa shape index (κ2) is 13.7. The first-order valence-electron chi connectivity index (χ1n) is 12.9. The van der Waals surface area contributed by atoms with Gasteiger partial charge in [-0.05, 0) is 81.7 Å². The van der Waals surface area contributed by atoms with Gasteiger partial charge in [0.25, 0.3) is 0 Å². The summed E-state index contributed by atoms with van der Waals surface area (Å²) in [5.74, 6) is 1.34. The molecular weight excluding hydrogens is 468 g/mol. The van der Waals surface area contributed by atoms with Gasteiger partial charge in [0.15, 0.2) is 5.78 Å². The molecule has 0 aliphatic carbocycles. The number of Topliss-reactive ketones (excluding diaryl/α,β-unsaturated/α-hetero) is 1. The molecule has 1 heterocycles. The van der Waals surface area contributed by atoms with Gasteiger partial charge < -0.3 is 24.8 Å². The summed E-state index contributed by atoms with van der Waals surface area (Å²) < 4.78 is 10.8. The molecule has 1 aliphatic heterocycles. The van der Waals surface area contributed by atoms with E-state index >= 15 is 0 Å². The number of carbonyl (C=O) groups is 2. The van der Waals surface area contributed by atoms with Gasteiger partial charge in [0.05, 0.1) is 25.3 Å². The first kappa shape index (κ1) is 28.0. The number of rotatable bonds is 14. The number of nitrogens with zero attached hydrogens (tertiary/aromatic N) is 1. The van der Waals surface area contributed by atoms with E-state index in [0.717, 1.165) is 5.75 Å². The molecule has 7 heteroatoms. The normalized spacial score (nSPS) is 16.1. The maximum atomic E-state index is 12.8. The van der Waals surface area contributed by atoms with Crippen molar-refractivity contribution in [2.75, 3.05) is 13.7 Å². The third-order valence-electron chi connectivity index (χ3n) is 6.30. The second-order valence-corrected chi connectivity index (χ2v) is 9.61. The molecule has 0 radical (unpaired) electrons. The van der Waals surface area contributed by atoms with Crippen LogP contribution in [0.2, 0.25) is 0 Å². The molecule has 2 aromatic rings. The molecule has 2 aromatic carbocycles. The van der Waals surface area contributed by atoms with Gasteiger partial charge in [-0.1, -0.05) is 12.1 Å². The predicted octanol–water partition coefficient (Wildman–Crippen LogP) is 4.82.